The molecule has 1 heterocycles. The number of ether oxygens (including phenoxy) is 1. The molecule has 3 nitrogen and oxygen atoms in total. The minimum atomic E-state index is -4.44. The van der Waals surface area contributed by atoms with Crippen molar-refractivity contribution in [2.24, 2.45) is 0 Å². The van der Waals surface area contributed by atoms with Gasteiger partial charge in [-0.3, -0.25) is 0 Å². The van der Waals surface area contributed by atoms with Crippen molar-refractivity contribution in [3.8, 4) is 5.75 Å². The Hall–Kier alpha value is -1.72. The summed E-state index contributed by atoms with van der Waals surface area (Å²) in [5, 5.41) is 0. The summed E-state index contributed by atoms with van der Waals surface area (Å²) in [5.74, 6) is -0.0783. The number of carbonyl (C=O) groups is 1. The minimum absolute atomic E-state index is 0.0783. The molecule has 0 aromatic heterocycles. The van der Waals surface area contributed by atoms with E-state index in [0.29, 0.717) is 13.1 Å². The van der Waals surface area contributed by atoms with Crippen molar-refractivity contribution in [2.45, 2.75) is 25.4 Å². The van der Waals surface area contributed by atoms with E-state index in [-0.39, 0.29) is 5.75 Å². The van der Waals surface area contributed by atoms with E-state index in [1.165, 1.54) is 17.0 Å². The van der Waals surface area contributed by atoms with Crippen molar-refractivity contribution >= 4 is 6.09 Å². The molecule has 0 spiro atoms. The Bertz CT molecular complexity index is 453. The van der Waals surface area contributed by atoms with Gasteiger partial charge in [0.2, 0.25) is 0 Å². The number of nitrogens with zero attached hydrogens (tertiary/aromatic N) is 1. The molecule has 0 atom stereocenters. The molecule has 1 aliphatic heterocycles. The van der Waals surface area contributed by atoms with Gasteiger partial charge in [0.05, 0.1) is 5.56 Å². The quantitative estimate of drug-likeness (QED) is 0.781. The van der Waals surface area contributed by atoms with Gasteiger partial charge in [-0.2, -0.15) is 13.2 Å². The van der Waals surface area contributed by atoms with Crippen LogP contribution in [-0.4, -0.2) is 24.1 Å². The van der Waals surface area contributed by atoms with Gasteiger partial charge in [-0.15, -0.1) is 0 Å². The lowest BCUT2D eigenvalue weighted by atomic mass is 10.1. The van der Waals surface area contributed by atoms with Gasteiger partial charge in [0.15, 0.2) is 0 Å². The van der Waals surface area contributed by atoms with Crippen LogP contribution in [0.2, 0.25) is 0 Å². The minimum Gasteiger partial charge on any atom is -0.410 e. The highest BCUT2D eigenvalue weighted by atomic mass is 19.4. The molecule has 0 unspecified atom stereocenters. The molecular weight excluding hydrogens is 259 g/mol. The van der Waals surface area contributed by atoms with Crippen LogP contribution in [-0.2, 0) is 6.18 Å². The van der Waals surface area contributed by atoms with Crippen LogP contribution < -0.4 is 4.74 Å². The second kappa shape index (κ2) is 5.50. The highest BCUT2D eigenvalue weighted by Gasteiger charge is 2.31. The smallest absolute Gasteiger partial charge is 0.410 e. The van der Waals surface area contributed by atoms with E-state index < -0.39 is 17.8 Å². The molecule has 104 valence electrons. The second-order valence-electron chi connectivity index (χ2n) is 4.44. The van der Waals surface area contributed by atoms with Crippen molar-refractivity contribution in [1.29, 1.82) is 0 Å². The maximum atomic E-state index is 12.5. The molecule has 0 bridgehead atoms. The van der Waals surface area contributed by atoms with Gasteiger partial charge < -0.3 is 9.64 Å². The zero-order valence-electron chi connectivity index (χ0n) is 10.2. The number of hydrogen-bond donors (Lipinski definition) is 0. The van der Waals surface area contributed by atoms with Crippen LogP contribution >= 0.6 is 0 Å². The molecular formula is C13H14F3NO2. The predicted octanol–water partition coefficient (Wildman–Crippen LogP) is 3.69. The molecule has 1 fully saturated rings. The van der Waals surface area contributed by atoms with Gasteiger partial charge in [0.1, 0.15) is 5.75 Å². The second-order valence-corrected chi connectivity index (χ2v) is 4.44. The van der Waals surface area contributed by atoms with E-state index >= 15 is 0 Å². The number of rotatable bonds is 1. The number of likely N-dealkylation sites (tertiary alicyclic amines) is 1. The molecule has 6 heteroatoms. The van der Waals surface area contributed by atoms with Crippen molar-refractivity contribution in [2.75, 3.05) is 13.1 Å². The van der Waals surface area contributed by atoms with E-state index in [2.05, 4.69) is 0 Å². The first kappa shape index (κ1) is 13.7. The van der Waals surface area contributed by atoms with E-state index in [1.54, 1.807) is 0 Å². The zero-order valence-corrected chi connectivity index (χ0v) is 10.2. The monoisotopic (exact) mass is 273 g/mol. The van der Waals surface area contributed by atoms with Crippen molar-refractivity contribution in [1.82, 2.24) is 4.90 Å². The number of piperidine rings is 1. The first-order valence-electron chi connectivity index (χ1n) is 6.11. The summed E-state index contributed by atoms with van der Waals surface area (Å²) in [6.45, 7) is 1.19. The summed E-state index contributed by atoms with van der Waals surface area (Å²) >= 11 is 0. The Morgan fingerprint density at radius 1 is 1.16 bits per heavy atom. The van der Waals surface area contributed by atoms with E-state index in [9.17, 15) is 18.0 Å². The van der Waals surface area contributed by atoms with Crippen molar-refractivity contribution in [3.05, 3.63) is 29.8 Å². The summed E-state index contributed by atoms with van der Waals surface area (Å²) in [5.41, 5.74) is -0.823. The van der Waals surface area contributed by atoms with Crippen LogP contribution in [0, 0.1) is 0 Å². The summed E-state index contributed by atoms with van der Waals surface area (Å²) < 4.78 is 42.5. The Morgan fingerprint density at radius 2 is 1.84 bits per heavy atom. The molecule has 1 aromatic rings. The SMILES string of the molecule is O=C(Oc1cccc(C(F)(F)F)c1)N1CCCCC1. The number of amides is 1. The molecule has 0 radical (unpaired) electrons. The van der Waals surface area contributed by atoms with Gasteiger partial charge in [0.25, 0.3) is 0 Å². The number of carbonyl (C=O) groups excluding carboxylic acids is 1. The third-order valence-corrected chi connectivity index (χ3v) is 2.98. The molecule has 1 saturated heterocycles. The summed E-state index contributed by atoms with van der Waals surface area (Å²) in [6, 6.07) is 4.35. The Kier molecular flexibility index (Phi) is 3.97. The van der Waals surface area contributed by atoms with Gasteiger partial charge in [-0.05, 0) is 37.5 Å². The molecule has 1 aromatic carbocycles. The van der Waals surface area contributed by atoms with Crippen molar-refractivity contribution < 1.29 is 22.7 Å². The number of benzene rings is 1. The van der Waals surface area contributed by atoms with Crippen LogP contribution in [0.25, 0.3) is 0 Å². The lowest BCUT2D eigenvalue weighted by Gasteiger charge is -2.25. The maximum Gasteiger partial charge on any atom is 0.416 e. The van der Waals surface area contributed by atoms with Gasteiger partial charge >= 0.3 is 12.3 Å². The van der Waals surface area contributed by atoms with Crippen LogP contribution in [0.3, 0.4) is 0 Å². The molecule has 19 heavy (non-hydrogen) atoms. The van der Waals surface area contributed by atoms with Gasteiger partial charge in [-0.25, -0.2) is 4.79 Å². The maximum absolute atomic E-state index is 12.5. The van der Waals surface area contributed by atoms with Crippen LogP contribution in [0.15, 0.2) is 24.3 Å². The van der Waals surface area contributed by atoms with E-state index in [0.717, 1.165) is 31.4 Å². The van der Waals surface area contributed by atoms with Crippen LogP contribution in [0.5, 0.6) is 5.75 Å². The van der Waals surface area contributed by atoms with Gasteiger partial charge in [0, 0.05) is 13.1 Å². The van der Waals surface area contributed by atoms with E-state index in [1.807, 2.05) is 0 Å². The fourth-order valence-electron chi connectivity index (χ4n) is 1.98. The highest BCUT2D eigenvalue weighted by Crippen LogP contribution is 2.31. The third kappa shape index (κ3) is 3.62. The normalized spacial score (nSPS) is 16.3. The Balaban J connectivity index is 2.04. The lowest BCUT2D eigenvalue weighted by Crippen LogP contribution is -2.37. The average molecular weight is 273 g/mol. The third-order valence-electron chi connectivity index (χ3n) is 2.98. The van der Waals surface area contributed by atoms with E-state index in [4.69, 9.17) is 4.74 Å². The Morgan fingerprint density at radius 3 is 2.47 bits per heavy atom. The first-order chi connectivity index (χ1) is 8.97. The highest BCUT2D eigenvalue weighted by molar-refractivity contribution is 5.70. The fourth-order valence-corrected chi connectivity index (χ4v) is 1.98. The molecule has 0 aliphatic carbocycles. The summed E-state index contributed by atoms with van der Waals surface area (Å²) in [7, 11) is 0. The lowest BCUT2D eigenvalue weighted by molar-refractivity contribution is -0.137. The molecule has 0 N–H and O–H groups in total. The molecule has 1 amide bonds. The van der Waals surface area contributed by atoms with Crippen LogP contribution in [0.1, 0.15) is 24.8 Å². The molecule has 0 saturated carbocycles. The summed E-state index contributed by atoms with van der Waals surface area (Å²) in [4.78, 5) is 13.3. The number of alkyl halides is 3. The van der Waals surface area contributed by atoms with Crippen molar-refractivity contribution in [3.63, 3.8) is 0 Å². The predicted molar refractivity (Wildman–Crippen MR) is 62.9 cm³/mol. The van der Waals surface area contributed by atoms with Crippen LogP contribution in [0.4, 0.5) is 18.0 Å². The zero-order chi connectivity index (χ0) is 13.9. The topological polar surface area (TPSA) is 29.5 Å². The first-order valence-corrected chi connectivity index (χ1v) is 6.11. The largest absolute Gasteiger partial charge is 0.416 e. The Labute approximate surface area is 109 Å². The number of hydrogen-bond acceptors (Lipinski definition) is 2. The molecule has 1 aliphatic rings. The average Bonchev–Trinajstić information content (AvgIpc) is 2.39. The number of halogens is 3. The fraction of sp³-hybridized carbons (Fsp3) is 0.462. The molecule has 2 rings (SSSR count). The van der Waals surface area contributed by atoms with Gasteiger partial charge in [-0.1, -0.05) is 6.07 Å². The summed E-state index contributed by atoms with van der Waals surface area (Å²) in [6.07, 6.45) is -2.16. The standard InChI is InChI=1S/C13H14F3NO2/c14-13(15,16)10-5-4-6-11(9-10)19-12(18)17-7-2-1-3-8-17/h4-6,9H,1-3,7-8H2.